The summed E-state index contributed by atoms with van der Waals surface area (Å²) in [5, 5.41) is 2.83. The summed E-state index contributed by atoms with van der Waals surface area (Å²) in [4.78, 5) is 46.0. The van der Waals surface area contributed by atoms with E-state index in [0.717, 1.165) is 11.3 Å². The maximum Gasteiger partial charge on any atom is 0.195 e. The molecular formula is C31H19Cl2NO3S. The van der Waals surface area contributed by atoms with Gasteiger partial charge in [0.15, 0.2) is 17.3 Å². The Hall–Kier alpha value is -3.51. The van der Waals surface area contributed by atoms with Gasteiger partial charge in [-0.15, -0.1) is 11.3 Å². The molecule has 3 atom stereocenters. The van der Waals surface area contributed by atoms with Crippen LogP contribution in [-0.4, -0.2) is 29.4 Å². The number of anilines is 1. The summed E-state index contributed by atoms with van der Waals surface area (Å²) in [6.07, 6.45) is 3.78. The number of hydrogen-bond donors (Lipinski definition) is 0. The van der Waals surface area contributed by atoms with Crippen molar-refractivity contribution in [2.75, 3.05) is 4.90 Å². The zero-order valence-corrected chi connectivity index (χ0v) is 22.1. The molecule has 0 N–H and O–H groups in total. The van der Waals surface area contributed by atoms with Gasteiger partial charge in [-0.2, -0.15) is 0 Å². The van der Waals surface area contributed by atoms with Gasteiger partial charge in [-0.25, -0.2) is 0 Å². The van der Waals surface area contributed by atoms with E-state index in [1.54, 1.807) is 48.5 Å². The molecule has 1 fully saturated rings. The fourth-order valence-electron chi connectivity index (χ4n) is 6.58. The van der Waals surface area contributed by atoms with Crippen LogP contribution >= 0.6 is 34.5 Å². The van der Waals surface area contributed by atoms with Crippen LogP contribution in [0.25, 0.3) is 6.08 Å². The van der Waals surface area contributed by atoms with E-state index >= 15 is 0 Å². The highest BCUT2D eigenvalue weighted by atomic mass is 35.5. The van der Waals surface area contributed by atoms with Crippen molar-refractivity contribution in [1.29, 1.82) is 0 Å². The number of fused-ring (bicyclic) bond motifs is 5. The lowest BCUT2D eigenvalue weighted by molar-refractivity contribution is 0.0666. The molecule has 0 amide bonds. The van der Waals surface area contributed by atoms with Gasteiger partial charge in [0.25, 0.3) is 0 Å². The summed E-state index contributed by atoms with van der Waals surface area (Å²) in [7, 11) is 0. The Labute approximate surface area is 233 Å². The molecule has 1 unspecified atom stereocenters. The highest BCUT2D eigenvalue weighted by Gasteiger charge is 2.71. The number of ketones is 3. The summed E-state index contributed by atoms with van der Waals surface area (Å²) < 4.78 is 0. The largest absolute Gasteiger partial charge is 0.352 e. The molecule has 3 aliphatic rings. The van der Waals surface area contributed by atoms with E-state index in [0.29, 0.717) is 31.6 Å². The zero-order chi connectivity index (χ0) is 26.2. The Morgan fingerprint density at radius 2 is 1.58 bits per heavy atom. The molecule has 1 aliphatic carbocycles. The van der Waals surface area contributed by atoms with Crippen molar-refractivity contribution in [3.05, 3.63) is 127 Å². The number of thiophene rings is 1. The van der Waals surface area contributed by atoms with Crippen LogP contribution in [0.5, 0.6) is 0 Å². The van der Waals surface area contributed by atoms with Gasteiger partial charge in [0.1, 0.15) is 11.5 Å². The van der Waals surface area contributed by atoms with Crippen LogP contribution in [-0.2, 0) is 0 Å². The number of benzene rings is 3. The molecule has 7 rings (SSSR count). The number of halogens is 2. The summed E-state index contributed by atoms with van der Waals surface area (Å²) >= 11 is 14.5. The van der Waals surface area contributed by atoms with Gasteiger partial charge in [-0.3, -0.25) is 14.4 Å². The van der Waals surface area contributed by atoms with Gasteiger partial charge < -0.3 is 4.90 Å². The number of nitrogens with zero attached hydrogens (tertiary/aromatic N) is 1. The van der Waals surface area contributed by atoms with Gasteiger partial charge in [0.2, 0.25) is 0 Å². The lowest BCUT2D eigenvalue weighted by Gasteiger charge is -2.37. The molecule has 1 saturated heterocycles. The van der Waals surface area contributed by atoms with Gasteiger partial charge in [-0.05, 0) is 46.8 Å². The summed E-state index contributed by atoms with van der Waals surface area (Å²) in [5.41, 5.74) is 1.38. The Bertz CT molecular complexity index is 1660. The van der Waals surface area contributed by atoms with Crippen molar-refractivity contribution >= 4 is 63.7 Å². The van der Waals surface area contributed by atoms with Crippen LogP contribution in [0.2, 0.25) is 10.0 Å². The van der Waals surface area contributed by atoms with Gasteiger partial charge >= 0.3 is 0 Å². The summed E-state index contributed by atoms with van der Waals surface area (Å²) in [6, 6.07) is 21.7. The third-order valence-electron chi connectivity index (χ3n) is 8.04. The molecule has 3 heterocycles. The first-order valence-corrected chi connectivity index (χ1v) is 13.8. The van der Waals surface area contributed by atoms with Gasteiger partial charge in [-0.1, -0.05) is 83.9 Å². The first-order valence-electron chi connectivity index (χ1n) is 12.2. The second-order valence-electron chi connectivity index (χ2n) is 9.77. The number of carbonyl (C=O) groups excluding carboxylic acids is 3. The van der Waals surface area contributed by atoms with E-state index in [-0.39, 0.29) is 17.3 Å². The molecule has 0 bridgehead atoms. The quantitative estimate of drug-likeness (QED) is 0.195. The van der Waals surface area contributed by atoms with Crippen molar-refractivity contribution in [1.82, 2.24) is 0 Å². The van der Waals surface area contributed by atoms with E-state index < -0.39 is 23.4 Å². The lowest BCUT2D eigenvalue weighted by atomic mass is 9.64. The molecule has 1 aromatic heterocycles. The molecule has 186 valence electrons. The Balaban J connectivity index is 1.57. The van der Waals surface area contributed by atoms with E-state index in [4.69, 9.17) is 23.2 Å². The predicted octanol–water partition coefficient (Wildman–Crippen LogP) is 7.37. The molecule has 4 aromatic rings. The minimum absolute atomic E-state index is 0.153. The topological polar surface area (TPSA) is 54.5 Å². The third-order valence-corrected chi connectivity index (χ3v) is 9.50. The molecule has 3 aromatic carbocycles. The van der Waals surface area contributed by atoms with E-state index in [9.17, 15) is 14.4 Å². The molecular weight excluding hydrogens is 537 g/mol. The Morgan fingerprint density at radius 1 is 0.868 bits per heavy atom. The van der Waals surface area contributed by atoms with Crippen LogP contribution in [0.15, 0.2) is 90.3 Å². The second-order valence-corrected chi connectivity index (χ2v) is 11.6. The molecule has 4 nitrogen and oxygen atoms in total. The Kier molecular flexibility index (Phi) is 5.28. The number of hydrogen-bond acceptors (Lipinski definition) is 5. The van der Waals surface area contributed by atoms with E-state index in [1.165, 1.54) is 11.3 Å². The average molecular weight is 556 g/mol. The second kappa shape index (κ2) is 8.50. The monoisotopic (exact) mass is 555 g/mol. The minimum Gasteiger partial charge on any atom is -0.352 e. The van der Waals surface area contributed by atoms with Crippen molar-refractivity contribution in [2.24, 2.45) is 5.41 Å². The highest BCUT2D eigenvalue weighted by Crippen LogP contribution is 2.61. The maximum atomic E-state index is 14.5. The van der Waals surface area contributed by atoms with Crippen molar-refractivity contribution in [3.63, 3.8) is 0 Å². The van der Waals surface area contributed by atoms with E-state index in [2.05, 4.69) is 0 Å². The van der Waals surface area contributed by atoms with Crippen LogP contribution < -0.4 is 4.90 Å². The number of carbonyl (C=O) groups is 3. The molecule has 2 aliphatic heterocycles. The maximum absolute atomic E-state index is 14.5. The highest BCUT2D eigenvalue weighted by molar-refractivity contribution is 7.12. The molecule has 7 heteroatoms. The SMILES string of the molecule is O=C(c1cccs1)[C@H]1[C@H](c2ccccc2Cl)C2(C(=O)c3ccccc3C2=O)C2C=Cc3cc(Cl)ccc3N21. The first-order chi connectivity index (χ1) is 18.4. The molecule has 1 spiro atoms. The number of rotatable bonds is 3. The van der Waals surface area contributed by atoms with Gasteiger partial charge in [0, 0.05) is 32.8 Å². The normalized spacial score (nSPS) is 22.5. The van der Waals surface area contributed by atoms with Crippen molar-refractivity contribution < 1.29 is 14.4 Å². The van der Waals surface area contributed by atoms with Crippen molar-refractivity contribution in [2.45, 2.75) is 18.0 Å². The summed E-state index contributed by atoms with van der Waals surface area (Å²) in [5.74, 6) is -1.53. The number of Topliss-reactive ketones (excluding diaryl/α,β-unsaturated/α-hetero) is 3. The van der Waals surface area contributed by atoms with Crippen LogP contribution in [0.4, 0.5) is 5.69 Å². The van der Waals surface area contributed by atoms with Crippen LogP contribution in [0, 0.1) is 5.41 Å². The van der Waals surface area contributed by atoms with E-state index in [1.807, 2.05) is 52.8 Å². The average Bonchev–Trinajstić information content (AvgIpc) is 3.62. The molecule has 38 heavy (non-hydrogen) atoms. The standard InChI is InChI=1S/C31H19Cl2NO3S/c32-18-12-13-23-17(16-18)11-14-25-31(29(36)19-6-1-2-7-20(19)30(31)37)26(21-8-3-4-9-22(21)33)27(34(23)25)28(35)24-10-5-15-38-24/h1-16,25-27H/t25?,26-,27+/m0/s1. The zero-order valence-electron chi connectivity index (χ0n) is 19.8. The molecule has 0 radical (unpaired) electrons. The Morgan fingerprint density at radius 3 is 2.26 bits per heavy atom. The van der Waals surface area contributed by atoms with Gasteiger partial charge in [0.05, 0.1) is 10.9 Å². The fraction of sp³-hybridized carbons (Fsp3) is 0.129. The minimum atomic E-state index is -1.57. The smallest absolute Gasteiger partial charge is 0.195 e. The predicted molar refractivity (Wildman–Crippen MR) is 151 cm³/mol. The van der Waals surface area contributed by atoms with Crippen LogP contribution in [0.1, 0.15) is 47.4 Å². The summed E-state index contributed by atoms with van der Waals surface area (Å²) in [6.45, 7) is 0. The first kappa shape index (κ1) is 23.6. The molecule has 0 saturated carbocycles. The van der Waals surface area contributed by atoms with Crippen LogP contribution in [0.3, 0.4) is 0 Å². The van der Waals surface area contributed by atoms with Crippen molar-refractivity contribution in [3.8, 4) is 0 Å². The fourth-order valence-corrected chi connectivity index (χ4v) is 7.71. The lowest BCUT2D eigenvalue weighted by Crippen LogP contribution is -2.48. The third kappa shape index (κ3) is 3.01.